The third-order valence-corrected chi connectivity index (χ3v) is 6.54. The number of aliphatic hydroxyl groups excluding tert-OH is 1. The Morgan fingerprint density at radius 3 is 2.64 bits per heavy atom. The molecule has 0 unspecified atom stereocenters. The molecule has 3 rings (SSSR count). The standard InChI is InChI=1S/C24H32O4/c1-15(2)21-19(28-20(25)11-10-17-8-6-5-7-9-17)14-16(3)18-12-13-24(4,27)22(18)23(21)26/h5-11,15,18-19,21-23,26-27H,3,12-14H2,1-2,4H3/b11-10+/t18-,19+,21+,22+,23+,24-/m0/s1. The van der Waals surface area contributed by atoms with E-state index in [4.69, 9.17) is 4.74 Å². The van der Waals surface area contributed by atoms with E-state index in [1.165, 1.54) is 6.08 Å². The lowest BCUT2D eigenvalue weighted by Gasteiger charge is -2.38. The zero-order valence-corrected chi connectivity index (χ0v) is 17.0. The monoisotopic (exact) mass is 384 g/mol. The summed E-state index contributed by atoms with van der Waals surface area (Å²) in [5.41, 5.74) is 0.970. The average Bonchev–Trinajstić information content (AvgIpc) is 2.90. The molecule has 0 saturated heterocycles. The average molecular weight is 385 g/mol. The van der Waals surface area contributed by atoms with Crippen molar-refractivity contribution in [2.75, 3.05) is 0 Å². The summed E-state index contributed by atoms with van der Waals surface area (Å²) in [6, 6.07) is 9.59. The van der Waals surface area contributed by atoms with Crippen molar-refractivity contribution < 1.29 is 19.7 Å². The first-order chi connectivity index (χ1) is 13.2. The molecule has 6 atom stereocenters. The molecule has 2 aliphatic rings. The van der Waals surface area contributed by atoms with Crippen molar-refractivity contribution in [3.63, 3.8) is 0 Å². The second kappa shape index (κ2) is 8.22. The largest absolute Gasteiger partial charge is 0.458 e. The molecule has 0 heterocycles. The molecule has 2 aliphatic carbocycles. The molecule has 1 aromatic carbocycles. The van der Waals surface area contributed by atoms with E-state index in [9.17, 15) is 15.0 Å². The van der Waals surface area contributed by atoms with Gasteiger partial charge in [-0.05, 0) is 43.2 Å². The molecule has 28 heavy (non-hydrogen) atoms. The van der Waals surface area contributed by atoms with E-state index >= 15 is 0 Å². The van der Waals surface area contributed by atoms with Crippen LogP contribution in [0.5, 0.6) is 0 Å². The van der Waals surface area contributed by atoms with Crippen molar-refractivity contribution in [1.29, 1.82) is 0 Å². The lowest BCUT2D eigenvalue weighted by atomic mass is 9.74. The van der Waals surface area contributed by atoms with Crippen LogP contribution in [0.15, 0.2) is 48.6 Å². The Kier molecular flexibility index (Phi) is 6.11. The van der Waals surface area contributed by atoms with Crippen molar-refractivity contribution >= 4 is 12.0 Å². The van der Waals surface area contributed by atoms with Crippen LogP contribution in [-0.2, 0) is 9.53 Å². The predicted molar refractivity (Wildman–Crippen MR) is 110 cm³/mol. The van der Waals surface area contributed by atoms with Gasteiger partial charge in [-0.1, -0.05) is 56.3 Å². The number of fused-ring (bicyclic) bond motifs is 1. The number of aliphatic hydroxyl groups is 2. The Bertz CT molecular complexity index is 734. The first-order valence-corrected chi connectivity index (χ1v) is 10.2. The third-order valence-electron chi connectivity index (χ3n) is 6.54. The zero-order chi connectivity index (χ0) is 20.5. The molecule has 1 aromatic rings. The molecule has 2 N–H and O–H groups in total. The van der Waals surface area contributed by atoms with Gasteiger partial charge in [0.05, 0.1) is 11.7 Å². The number of rotatable bonds is 4. The molecule has 0 aliphatic heterocycles. The molecule has 2 saturated carbocycles. The fourth-order valence-electron chi connectivity index (χ4n) is 5.16. The first kappa shape index (κ1) is 20.8. The van der Waals surface area contributed by atoms with Crippen LogP contribution in [0, 0.1) is 23.7 Å². The normalized spacial score (nSPS) is 35.8. The number of hydrogen-bond acceptors (Lipinski definition) is 4. The second-order valence-electron chi connectivity index (χ2n) is 8.92. The van der Waals surface area contributed by atoms with Gasteiger partial charge in [0.15, 0.2) is 0 Å². The van der Waals surface area contributed by atoms with E-state index < -0.39 is 23.8 Å². The minimum Gasteiger partial charge on any atom is -0.458 e. The van der Waals surface area contributed by atoms with Crippen LogP contribution >= 0.6 is 0 Å². The van der Waals surface area contributed by atoms with Crippen molar-refractivity contribution in [3.8, 4) is 0 Å². The number of carbonyl (C=O) groups excluding carboxylic acids is 1. The predicted octanol–water partition coefficient (Wildman–Crippen LogP) is 3.98. The Morgan fingerprint density at radius 2 is 2.00 bits per heavy atom. The zero-order valence-electron chi connectivity index (χ0n) is 17.0. The molecule has 0 spiro atoms. The second-order valence-corrected chi connectivity index (χ2v) is 8.92. The summed E-state index contributed by atoms with van der Waals surface area (Å²) in [4.78, 5) is 12.5. The van der Waals surface area contributed by atoms with Gasteiger partial charge in [-0.25, -0.2) is 4.79 Å². The number of esters is 1. The van der Waals surface area contributed by atoms with Gasteiger partial charge in [0, 0.05) is 24.3 Å². The molecule has 4 heteroatoms. The Morgan fingerprint density at radius 1 is 1.32 bits per heavy atom. The van der Waals surface area contributed by atoms with Crippen LogP contribution in [0.3, 0.4) is 0 Å². The van der Waals surface area contributed by atoms with Gasteiger partial charge >= 0.3 is 5.97 Å². The third kappa shape index (κ3) is 4.23. The number of ether oxygens (including phenoxy) is 1. The fourth-order valence-corrected chi connectivity index (χ4v) is 5.16. The smallest absolute Gasteiger partial charge is 0.331 e. The van der Waals surface area contributed by atoms with E-state index in [2.05, 4.69) is 6.58 Å². The topological polar surface area (TPSA) is 66.8 Å². The molecule has 0 aromatic heterocycles. The van der Waals surface area contributed by atoms with Crippen molar-refractivity contribution in [1.82, 2.24) is 0 Å². The maximum atomic E-state index is 12.5. The van der Waals surface area contributed by atoms with Crippen LogP contribution in [0.2, 0.25) is 0 Å². The van der Waals surface area contributed by atoms with Gasteiger partial charge in [0.1, 0.15) is 6.10 Å². The lowest BCUT2D eigenvalue weighted by Crippen LogP contribution is -2.47. The first-order valence-electron chi connectivity index (χ1n) is 10.2. The molecule has 4 nitrogen and oxygen atoms in total. The maximum Gasteiger partial charge on any atom is 0.331 e. The minimum absolute atomic E-state index is 0.0646. The van der Waals surface area contributed by atoms with Crippen LogP contribution in [0.4, 0.5) is 0 Å². The number of carbonyl (C=O) groups is 1. The quantitative estimate of drug-likeness (QED) is 0.468. The minimum atomic E-state index is -0.924. The summed E-state index contributed by atoms with van der Waals surface area (Å²) in [7, 11) is 0. The van der Waals surface area contributed by atoms with Crippen LogP contribution in [-0.4, -0.2) is 34.0 Å². The summed E-state index contributed by atoms with van der Waals surface area (Å²) in [6.45, 7) is 10.1. The molecular formula is C24H32O4. The van der Waals surface area contributed by atoms with Crippen molar-refractivity contribution in [3.05, 3.63) is 54.1 Å². The molecule has 0 amide bonds. The van der Waals surface area contributed by atoms with Gasteiger partial charge in [-0.15, -0.1) is 0 Å². The highest BCUT2D eigenvalue weighted by Gasteiger charge is 2.54. The Labute approximate surface area is 167 Å². The van der Waals surface area contributed by atoms with E-state index in [-0.39, 0.29) is 23.7 Å². The van der Waals surface area contributed by atoms with Gasteiger partial charge in [-0.2, -0.15) is 0 Å². The van der Waals surface area contributed by atoms with E-state index in [1.54, 1.807) is 13.0 Å². The molecule has 0 bridgehead atoms. The summed E-state index contributed by atoms with van der Waals surface area (Å²) in [5.74, 6) is -0.761. The molecule has 152 valence electrons. The maximum absolute atomic E-state index is 12.5. The van der Waals surface area contributed by atoms with Gasteiger partial charge in [-0.3, -0.25) is 0 Å². The highest BCUT2D eigenvalue weighted by Crippen LogP contribution is 2.51. The van der Waals surface area contributed by atoms with Crippen molar-refractivity contribution in [2.24, 2.45) is 23.7 Å². The van der Waals surface area contributed by atoms with Gasteiger partial charge < -0.3 is 14.9 Å². The highest BCUT2D eigenvalue weighted by atomic mass is 16.5. The molecule has 0 radical (unpaired) electrons. The number of hydrogen-bond donors (Lipinski definition) is 2. The Hall–Kier alpha value is -1.91. The summed E-state index contributed by atoms with van der Waals surface area (Å²) >= 11 is 0. The van der Waals surface area contributed by atoms with Crippen LogP contribution in [0.1, 0.15) is 45.6 Å². The van der Waals surface area contributed by atoms with Crippen molar-refractivity contribution in [2.45, 2.75) is 57.8 Å². The highest BCUT2D eigenvalue weighted by molar-refractivity contribution is 5.87. The number of benzene rings is 1. The molecular weight excluding hydrogens is 352 g/mol. The van der Waals surface area contributed by atoms with Crippen LogP contribution < -0.4 is 0 Å². The summed E-state index contributed by atoms with van der Waals surface area (Å²) in [6.07, 6.45) is 3.98. The molecule has 2 fully saturated rings. The van der Waals surface area contributed by atoms with E-state index in [0.29, 0.717) is 12.8 Å². The Balaban J connectivity index is 1.80. The lowest BCUT2D eigenvalue weighted by molar-refractivity contribution is -0.152. The van der Waals surface area contributed by atoms with E-state index in [1.807, 2.05) is 44.2 Å². The SMILES string of the molecule is C=C1C[C@@H](OC(=O)/C=C/c2ccccc2)[C@@H](C(C)C)[C@@H](O)[C@H]2[C@H]1CC[C@]2(C)O. The van der Waals surface area contributed by atoms with E-state index in [0.717, 1.165) is 17.6 Å². The van der Waals surface area contributed by atoms with Crippen LogP contribution in [0.25, 0.3) is 6.08 Å². The summed E-state index contributed by atoms with van der Waals surface area (Å²) in [5, 5.41) is 22.1. The summed E-state index contributed by atoms with van der Waals surface area (Å²) < 4.78 is 5.81. The van der Waals surface area contributed by atoms with Gasteiger partial charge in [0.25, 0.3) is 0 Å². The van der Waals surface area contributed by atoms with Gasteiger partial charge in [0.2, 0.25) is 0 Å². The fraction of sp³-hybridized carbons (Fsp3) is 0.542.